The van der Waals surface area contributed by atoms with E-state index in [1.807, 2.05) is 97.1 Å². The molecule has 2 heterocycles. The van der Waals surface area contributed by atoms with Gasteiger partial charge in [-0.05, 0) is 38.7 Å². The minimum absolute atomic E-state index is 0.0106. The Morgan fingerprint density at radius 1 is 0.660 bits per heavy atom. The number of hydrogen-bond donors (Lipinski definition) is 1. The first-order valence-electron chi connectivity index (χ1n) is 18.1. The first-order chi connectivity index (χ1) is 25.7. The molecule has 0 bridgehead atoms. The molecule has 5 aromatic rings. The lowest BCUT2D eigenvalue weighted by Crippen LogP contribution is -2.73. The lowest BCUT2D eigenvalue weighted by molar-refractivity contribution is -0.270. The van der Waals surface area contributed by atoms with Crippen molar-refractivity contribution in [1.29, 1.82) is 0 Å². The number of fused-ring (bicyclic) bond motifs is 1. The summed E-state index contributed by atoms with van der Waals surface area (Å²) in [6.45, 7) is 6.88. The quantitative estimate of drug-likeness (QED) is 0.122. The highest BCUT2D eigenvalue weighted by Gasteiger charge is 2.59. The molecule has 9 heteroatoms. The molecule has 2 aliphatic rings. The normalized spacial score (nSPS) is 21.8. The van der Waals surface area contributed by atoms with Gasteiger partial charge in [0.1, 0.15) is 24.4 Å². The largest absolute Gasteiger partial charge is 0.388 e. The van der Waals surface area contributed by atoms with E-state index in [1.165, 1.54) is 4.90 Å². The third kappa shape index (κ3) is 7.29. The van der Waals surface area contributed by atoms with Crippen LogP contribution in [-0.2, 0) is 31.9 Å². The molecule has 0 saturated carbocycles. The van der Waals surface area contributed by atoms with Crippen LogP contribution in [0.1, 0.15) is 52.6 Å². The molecule has 5 aromatic carbocycles. The van der Waals surface area contributed by atoms with Crippen molar-refractivity contribution < 1.29 is 33.3 Å². The number of carbonyl (C=O) groups is 2. The fourth-order valence-electron chi connectivity index (χ4n) is 7.58. The van der Waals surface area contributed by atoms with Crippen LogP contribution >= 0.6 is 0 Å². The van der Waals surface area contributed by atoms with E-state index in [0.717, 1.165) is 21.5 Å². The molecule has 53 heavy (non-hydrogen) atoms. The summed E-state index contributed by atoms with van der Waals surface area (Å²) in [4.78, 5) is 29.9. The summed E-state index contributed by atoms with van der Waals surface area (Å²) < 4.78 is 27.2. The summed E-state index contributed by atoms with van der Waals surface area (Å²) in [5.41, 5.74) is 2.41. The highest BCUT2D eigenvalue weighted by molar-refractivity contribution is 6.99. The lowest BCUT2D eigenvalue weighted by Gasteiger charge is -2.51. The van der Waals surface area contributed by atoms with E-state index in [4.69, 9.17) is 18.6 Å². The van der Waals surface area contributed by atoms with E-state index in [1.54, 1.807) is 24.3 Å². The van der Waals surface area contributed by atoms with Gasteiger partial charge >= 0.3 is 0 Å². The third-order valence-corrected chi connectivity index (χ3v) is 15.1. The third-order valence-electron chi connectivity index (χ3n) is 10.2. The number of carbonyl (C=O) groups excluding carboxylic acids is 2. The van der Waals surface area contributed by atoms with Crippen LogP contribution in [-0.4, -0.2) is 67.4 Å². The molecule has 1 fully saturated rings. The van der Waals surface area contributed by atoms with Crippen molar-refractivity contribution in [3.05, 3.63) is 168 Å². The molecule has 5 atom stereocenters. The van der Waals surface area contributed by atoms with E-state index in [0.29, 0.717) is 6.61 Å². The standard InChI is InChI=1S/C44H45NO7Si/c1-44(2,3)53(33-22-12-6-13-23-33,34-24-14-7-15-25-34)52-43-38(45-41(47)35-26-16-17-27-36(35)42(45)48)40(50-29-32-20-10-5-11-21-32)39(46)37(51-43)30-49-28-31-18-8-4-9-19-31/h4-27,37-40,43,46H,28-30H2,1-3H3/t37-,38-,39-,40-,43+/m1/s1. The summed E-state index contributed by atoms with van der Waals surface area (Å²) in [7, 11) is -3.36. The molecule has 2 amide bonds. The van der Waals surface area contributed by atoms with Crippen LogP contribution in [0.25, 0.3) is 0 Å². The van der Waals surface area contributed by atoms with Gasteiger partial charge in [-0.1, -0.05) is 154 Å². The zero-order valence-electron chi connectivity index (χ0n) is 30.2. The summed E-state index contributed by atoms with van der Waals surface area (Å²) in [6, 6.07) is 45.2. The van der Waals surface area contributed by atoms with Gasteiger partial charge in [-0.25, -0.2) is 0 Å². The van der Waals surface area contributed by atoms with Crippen LogP contribution in [0.3, 0.4) is 0 Å². The number of amides is 2. The Kier molecular flexibility index (Phi) is 10.8. The van der Waals surface area contributed by atoms with Crippen LogP contribution in [0.15, 0.2) is 146 Å². The van der Waals surface area contributed by atoms with Gasteiger partial charge in [-0.2, -0.15) is 0 Å². The molecule has 1 saturated heterocycles. The van der Waals surface area contributed by atoms with Crippen molar-refractivity contribution >= 4 is 30.5 Å². The number of ether oxygens (including phenoxy) is 3. The molecule has 1 N–H and O–H groups in total. The Hall–Kier alpha value is -4.74. The predicted octanol–water partition coefficient (Wildman–Crippen LogP) is 6.12. The van der Waals surface area contributed by atoms with E-state index >= 15 is 0 Å². The summed E-state index contributed by atoms with van der Waals surface area (Å²) in [5, 5.41) is 13.7. The van der Waals surface area contributed by atoms with Gasteiger partial charge in [0.25, 0.3) is 20.1 Å². The number of aliphatic hydroxyl groups excluding tert-OH is 1. The second-order valence-corrected chi connectivity index (χ2v) is 18.8. The molecule has 0 aliphatic carbocycles. The molecule has 0 unspecified atom stereocenters. The SMILES string of the molecule is CC(C)(C)[Si](O[C@@H]1O[C@H](COCc2ccccc2)[C@@H](O)[C@H](OCc2ccccc2)[C@H]1N1C(=O)c2ccccc2C1=O)(c1ccccc1)c1ccccc1. The van der Waals surface area contributed by atoms with Gasteiger partial charge in [0.15, 0.2) is 6.29 Å². The molecule has 0 radical (unpaired) electrons. The molecule has 272 valence electrons. The van der Waals surface area contributed by atoms with Crippen molar-refractivity contribution in [2.45, 2.75) is 69.7 Å². The van der Waals surface area contributed by atoms with Crippen molar-refractivity contribution in [3.63, 3.8) is 0 Å². The van der Waals surface area contributed by atoms with Gasteiger partial charge < -0.3 is 23.7 Å². The van der Waals surface area contributed by atoms with Gasteiger partial charge in [-0.3, -0.25) is 14.5 Å². The van der Waals surface area contributed by atoms with Gasteiger partial charge in [0.2, 0.25) is 0 Å². The molecule has 2 aliphatic heterocycles. The van der Waals surface area contributed by atoms with Crippen LogP contribution in [0.2, 0.25) is 5.04 Å². The zero-order chi connectivity index (χ0) is 37.0. The molecule has 8 nitrogen and oxygen atoms in total. The van der Waals surface area contributed by atoms with Crippen molar-refractivity contribution in [2.75, 3.05) is 6.61 Å². The maximum absolute atomic E-state index is 14.3. The zero-order valence-corrected chi connectivity index (χ0v) is 31.2. The molecule has 7 rings (SSSR count). The first-order valence-corrected chi connectivity index (χ1v) is 20.0. The Labute approximate surface area is 312 Å². The van der Waals surface area contributed by atoms with E-state index in [-0.39, 0.29) is 24.3 Å². The minimum Gasteiger partial charge on any atom is -0.388 e. The van der Waals surface area contributed by atoms with E-state index in [2.05, 4.69) is 45.0 Å². The van der Waals surface area contributed by atoms with Gasteiger partial charge in [0.05, 0.1) is 30.9 Å². The second kappa shape index (κ2) is 15.7. The first kappa shape index (κ1) is 36.6. The average molecular weight is 728 g/mol. The Morgan fingerprint density at radius 2 is 1.11 bits per heavy atom. The van der Waals surface area contributed by atoms with Crippen LogP contribution in [0.5, 0.6) is 0 Å². The predicted molar refractivity (Wildman–Crippen MR) is 205 cm³/mol. The highest BCUT2D eigenvalue weighted by Crippen LogP contribution is 2.41. The second-order valence-electron chi connectivity index (χ2n) is 14.6. The number of nitrogens with zero attached hydrogens (tertiary/aromatic N) is 1. The summed E-state index contributed by atoms with van der Waals surface area (Å²) >= 11 is 0. The minimum atomic E-state index is -3.36. The summed E-state index contributed by atoms with van der Waals surface area (Å²) in [5.74, 6) is -0.982. The molecule has 0 spiro atoms. The monoisotopic (exact) mass is 727 g/mol. The smallest absolute Gasteiger partial charge is 0.264 e. The van der Waals surface area contributed by atoms with Crippen molar-refractivity contribution in [1.82, 2.24) is 4.90 Å². The fourth-order valence-corrected chi connectivity index (χ4v) is 12.1. The maximum atomic E-state index is 14.3. The van der Waals surface area contributed by atoms with Crippen LogP contribution < -0.4 is 10.4 Å². The number of imide groups is 1. The molecular formula is C44H45NO7Si. The highest BCUT2D eigenvalue weighted by atomic mass is 28.4. The van der Waals surface area contributed by atoms with Crippen LogP contribution in [0, 0.1) is 0 Å². The summed E-state index contributed by atoms with van der Waals surface area (Å²) in [6.07, 6.45) is -4.52. The number of hydrogen-bond acceptors (Lipinski definition) is 7. The van der Waals surface area contributed by atoms with Crippen molar-refractivity contribution in [3.8, 4) is 0 Å². The lowest BCUT2D eigenvalue weighted by atomic mass is 9.95. The Morgan fingerprint density at radius 3 is 1.60 bits per heavy atom. The number of aliphatic hydroxyl groups is 1. The maximum Gasteiger partial charge on any atom is 0.264 e. The molecular weight excluding hydrogens is 683 g/mol. The average Bonchev–Trinajstić information content (AvgIpc) is 3.43. The van der Waals surface area contributed by atoms with E-state index in [9.17, 15) is 14.7 Å². The van der Waals surface area contributed by atoms with Gasteiger partial charge in [0, 0.05) is 0 Å². The van der Waals surface area contributed by atoms with Gasteiger partial charge in [-0.15, -0.1) is 0 Å². The van der Waals surface area contributed by atoms with Crippen molar-refractivity contribution in [2.24, 2.45) is 0 Å². The Balaban J connectivity index is 1.36. The van der Waals surface area contributed by atoms with Crippen LogP contribution in [0.4, 0.5) is 0 Å². The van der Waals surface area contributed by atoms with E-state index < -0.39 is 55.8 Å². The fraction of sp³-hybridized carbons (Fsp3) is 0.273. The Bertz CT molecular complexity index is 1910. The number of rotatable bonds is 12. The molecule has 0 aromatic heterocycles. The topological polar surface area (TPSA) is 94.5 Å². The number of benzene rings is 5.